The number of cyclic esters (lactones) is 1. The second-order valence-electron chi connectivity index (χ2n) is 16.9. The van der Waals surface area contributed by atoms with E-state index in [-0.39, 0.29) is 30.5 Å². The van der Waals surface area contributed by atoms with Gasteiger partial charge in [-0.2, -0.15) is 0 Å². The minimum absolute atomic E-state index is 0.00635. The Bertz CT molecular complexity index is 1680. The number of aromatic nitrogens is 3. The highest BCUT2D eigenvalue weighted by Gasteiger charge is 2.58. The Morgan fingerprint density at radius 3 is 2.54 bits per heavy atom. The van der Waals surface area contributed by atoms with Gasteiger partial charge in [0.2, 0.25) is 0 Å². The summed E-state index contributed by atoms with van der Waals surface area (Å²) in [4.78, 5) is 44.6. The molecule has 0 saturated carbocycles. The van der Waals surface area contributed by atoms with Crippen LogP contribution in [0.5, 0.6) is 0 Å². The lowest BCUT2D eigenvalue weighted by Gasteiger charge is -2.45. The molecule has 0 spiro atoms. The van der Waals surface area contributed by atoms with Gasteiger partial charge >= 0.3 is 12.1 Å². The van der Waals surface area contributed by atoms with Crippen molar-refractivity contribution in [1.82, 2.24) is 30.1 Å². The lowest BCUT2D eigenvalue weighted by Crippen LogP contribution is -2.60. The van der Waals surface area contributed by atoms with E-state index in [0.717, 1.165) is 17.7 Å². The lowest BCUT2D eigenvalue weighted by molar-refractivity contribution is -0.289. The van der Waals surface area contributed by atoms with Crippen LogP contribution >= 0.6 is 0 Å². The summed E-state index contributed by atoms with van der Waals surface area (Å²) in [5.41, 5.74) is 6.01. The summed E-state index contributed by atoms with van der Waals surface area (Å²) in [6.07, 6.45) is -0.305. The molecule has 16 nitrogen and oxygen atoms in total. The summed E-state index contributed by atoms with van der Waals surface area (Å²) in [6.45, 7) is 13.1. The first-order valence-corrected chi connectivity index (χ1v) is 20.4. The topological polar surface area (TPSA) is 193 Å². The van der Waals surface area contributed by atoms with Crippen molar-refractivity contribution in [3.8, 4) is 11.3 Å². The number of unbranched alkanes of at least 4 members (excludes halogenated alkanes) is 1. The van der Waals surface area contributed by atoms with Crippen LogP contribution in [-0.2, 0) is 39.8 Å². The molecule has 3 unspecified atom stereocenters. The van der Waals surface area contributed by atoms with Crippen LogP contribution < -0.4 is 11.1 Å². The van der Waals surface area contributed by atoms with Gasteiger partial charge in [-0.1, -0.05) is 31.2 Å². The van der Waals surface area contributed by atoms with Crippen LogP contribution in [0.2, 0.25) is 0 Å². The second kappa shape index (κ2) is 18.9. The Morgan fingerprint density at radius 2 is 1.86 bits per heavy atom. The average Bonchev–Trinajstić information content (AvgIpc) is 3.73. The van der Waals surface area contributed by atoms with Gasteiger partial charge in [0.15, 0.2) is 11.9 Å². The number of hydrogen-bond donors (Lipinski definition) is 3. The number of anilines is 1. The monoisotopic (exact) mass is 799 g/mol. The molecule has 4 N–H and O–H groups in total. The Morgan fingerprint density at radius 1 is 1.12 bits per heavy atom. The summed E-state index contributed by atoms with van der Waals surface area (Å²) >= 11 is 0. The normalized spacial score (nSPS) is 34.7. The van der Waals surface area contributed by atoms with Crippen molar-refractivity contribution in [2.45, 2.75) is 153 Å². The fourth-order valence-electron chi connectivity index (χ4n) is 8.86. The van der Waals surface area contributed by atoms with E-state index in [2.05, 4.69) is 22.6 Å². The number of ketones is 1. The van der Waals surface area contributed by atoms with Gasteiger partial charge in [0.25, 0.3) is 0 Å². The van der Waals surface area contributed by atoms with Crippen LogP contribution in [0.1, 0.15) is 86.5 Å². The molecule has 16 heteroatoms. The zero-order valence-corrected chi connectivity index (χ0v) is 35.2. The van der Waals surface area contributed by atoms with Gasteiger partial charge in [-0.05, 0) is 98.5 Å². The van der Waals surface area contributed by atoms with E-state index in [1.165, 1.54) is 0 Å². The number of amides is 1. The molecule has 3 aliphatic heterocycles. The van der Waals surface area contributed by atoms with Gasteiger partial charge in [-0.15, -0.1) is 5.10 Å². The highest BCUT2D eigenvalue weighted by atomic mass is 16.7. The number of hydrogen-bond acceptors (Lipinski definition) is 14. The van der Waals surface area contributed by atoms with E-state index >= 15 is 0 Å². The first kappa shape index (κ1) is 44.4. The van der Waals surface area contributed by atoms with E-state index in [9.17, 15) is 19.5 Å². The van der Waals surface area contributed by atoms with E-state index in [4.69, 9.17) is 29.4 Å². The SMILES string of the molecule is CC[C@H]1OC(=O)CC(=O)C[C@@H](O[C@@H]2OC(C)CC(N(C)C)C2O)[C@](C)(OC)C[C@@H](C)CN[C@H](C)[C@H]2N(CCCCn3cc(-c4cccc(N)c4)nn3)C(=O)O[C@]12C. The predicted octanol–water partition coefficient (Wildman–Crippen LogP) is 3.79. The van der Waals surface area contributed by atoms with Crippen molar-refractivity contribution in [3.05, 3.63) is 30.5 Å². The number of aryl methyl sites for hydroxylation is 1. The molecule has 1 aromatic heterocycles. The maximum atomic E-state index is 13.7. The van der Waals surface area contributed by atoms with Crippen molar-refractivity contribution in [2.75, 3.05) is 40.0 Å². The number of esters is 1. The van der Waals surface area contributed by atoms with Crippen LogP contribution in [0, 0.1) is 5.92 Å². The molecule has 3 fully saturated rings. The number of nitrogens with one attached hydrogen (secondary N) is 1. The van der Waals surface area contributed by atoms with Crippen molar-refractivity contribution in [3.63, 3.8) is 0 Å². The first-order valence-electron chi connectivity index (χ1n) is 20.4. The maximum absolute atomic E-state index is 13.7. The molecule has 3 aliphatic rings. The zero-order chi connectivity index (χ0) is 41.7. The molecular formula is C41H65N7O9. The van der Waals surface area contributed by atoms with Crippen molar-refractivity contribution in [2.24, 2.45) is 5.92 Å². The molecular weight excluding hydrogens is 734 g/mol. The lowest BCUT2D eigenvalue weighted by atomic mass is 9.83. The molecule has 0 aliphatic carbocycles. The van der Waals surface area contributed by atoms with Gasteiger partial charge in [0, 0.05) is 50.0 Å². The number of carbonyl (C=O) groups excluding carboxylic acids is 3. The van der Waals surface area contributed by atoms with Crippen molar-refractivity contribution < 1.29 is 43.2 Å². The number of ether oxygens (including phenoxy) is 5. The second-order valence-corrected chi connectivity index (χ2v) is 16.9. The number of benzene rings is 1. The van der Waals surface area contributed by atoms with Gasteiger partial charge in [0.1, 0.15) is 30.1 Å². The number of likely N-dealkylation sites (N-methyl/N-ethyl adjacent to an activating group) is 1. The number of aliphatic hydroxyl groups excluding tert-OH is 1. The largest absolute Gasteiger partial charge is 0.458 e. The highest BCUT2D eigenvalue weighted by Crippen LogP contribution is 2.39. The molecule has 0 bridgehead atoms. The highest BCUT2D eigenvalue weighted by molar-refractivity contribution is 5.96. The molecule has 11 atom stereocenters. The van der Waals surface area contributed by atoms with Gasteiger partial charge < -0.3 is 44.7 Å². The predicted molar refractivity (Wildman–Crippen MR) is 213 cm³/mol. The number of nitrogens with two attached hydrogens (primary N) is 1. The van der Waals surface area contributed by atoms with E-state index in [1.54, 1.807) is 16.7 Å². The molecule has 2 aromatic rings. The van der Waals surface area contributed by atoms with Crippen molar-refractivity contribution in [1.29, 1.82) is 0 Å². The first-order chi connectivity index (χ1) is 27.0. The summed E-state index contributed by atoms with van der Waals surface area (Å²) in [6, 6.07) is 6.49. The van der Waals surface area contributed by atoms with E-state index in [0.29, 0.717) is 51.0 Å². The summed E-state index contributed by atoms with van der Waals surface area (Å²) in [7, 11) is 5.37. The summed E-state index contributed by atoms with van der Waals surface area (Å²) in [5.74, 6) is -1.12. The minimum atomic E-state index is -1.21. The van der Waals surface area contributed by atoms with Crippen LogP contribution in [-0.4, -0.2) is 142 Å². The Labute approximate surface area is 337 Å². The van der Waals surface area contributed by atoms with Crippen LogP contribution in [0.15, 0.2) is 30.5 Å². The third kappa shape index (κ3) is 10.5. The maximum Gasteiger partial charge on any atom is 0.410 e. The fraction of sp³-hybridized carbons (Fsp3) is 0.732. The number of aliphatic hydroxyl groups is 1. The van der Waals surface area contributed by atoms with Gasteiger partial charge in [-0.3, -0.25) is 19.2 Å². The molecule has 3 saturated heterocycles. The number of nitrogens with zero attached hydrogens (tertiary/aromatic N) is 5. The average molecular weight is 800 g/mol. The zero-order valence-electron chi connectivity index (χ0n) is 35.2. The fourth-order valence-corrected chi connectivity index (χ4v) is 8.86. The van der Waals surface area contributed by atoms with E-state index < -0.39 is 66.1 Å². The van der Waals surface area contributed by atoms with Gasteiger partial charge in [-0.25, -0.2) is 4.79 Å². The molecule has 1 amide bonds. The summed E-state index contributed by atoms with van der Waals surface area (Å²) in [5, 5.41) is 23.6. The van der Waals surface area contributed by atoms with E-state index in [1.807, 2.05) is 84.1 Å². The Hall–Kier alpha value is -3.67. The quantitative estimate of drug-likeness (QED) is 0.129. The Balaban J connectivity index is 1.33. The Kier molecular flexibility index (Phi) is 14.8. The molecule has 0 radical (unpaired) electrons. The third-order valence-electron chi connectivity index (χ3n) is 12.0. The minimum Gasteiger partial charge on any atom is -0.458 e. The van der Waals surface area contributed by atoms with Crippen LogP contribution in [0.25, 0.3) is 11.3 Å². The number of nitrogen functional groups attached to an aromatic ring is 1. The molecule has 1 aromatic carbocycles. The van der Waals surface area contributed by atoms with Crippen molar-refractivity contribution >= 4 is 23.5 Å². The standard InChI is InChI=1S/C41H65N7O9/c1-10-33-41(6)37(48(39(52)57-41)17-12-11-16-47-24-31(44-45-47)28-14-13-15-29(42)19-28)27(4)43-23-25(2)22-40(5,53-9)34(20-30(49)21-35(50)55-33)56-38-36(51)32(46(7)8)18-26(3)54-38/h13-15,19,24-27,32-34,36-38,43,51H,10-12,16-18,20-23,42H2,1-9H3/t25-,26?,27-,32?,33-,34-,36?,37-,38+,40-,41-/m1/s1. The molecule has 57 heavy (non-hydrogen) atoms. The number of fused-ring (bicyclic) bond motifs is 1. The van der Waals surface area contributed by atoms with Crippen LogP contribution in [0.4, 0.5) is 10.5 Å². The number of methoxy groups -OCH3 is 1. The van der Waals surface area contributed by atoms with Gasteiger partial charge in [0.05, 0.1) is 30.0 Å². The number of carbonyl (C=O) groups is 3. The molecule has 4 heterocycles. The summed E-state index contributed by atoms with van der Waals surface area (Å²) < 4.78 is 32.7. The molecule has 318 valence electrons. The van der Waals surface area contributed by atoms with Crippen LogP contribution in [0.3, 0.4) is 0 Å². The third-order valence-corrected chi connectivity index (χ3v) is 12.0. The number of Topliss-reactive ketones (excluding diaryl/α,β-unsaturated/α-hetero) is 1. The smallest absolute Gasteiger partial charge is 0.410 e. The molecule has 5 rings (SSSR count). The number of rotatable bonds is 11.